The number of carbonyl (C=O) groups excluding carboxylic acids is 2. The van der Waals surface area contributed by atoms with Gasteiger partial charge < -0.3 is 15.2 Å². The zero-order chi connectivity index (χ0) is 17.0. The number of nitrogens with one attached hydrogen (secondary N) is 2. The Morgan fingerprint density at radius 3 is 2.52 bits per heavy atom. The Kier molecular flexibility index (Phi) is 5.58. The lowest BCUT2D eigenvalue weighted by Crippen LogP contribution is -2.47. The van der Waals surface area contributed by atoms with Crippen LogP contribution in [0.3, 0.4) is 0 Å². The molecule has 1 aromatic rings. The smallest absolute Gasteiger partial charge is 0.260 e. The highest BCUT2D eigenvalue weighted by molar-refractivity contribution is 5.94. The average molecular weight is 319 g/mol. The van der Waals surface area contributed by atoms with E-state index in [0.717, 1.165) is 18.5 Å². The lowest BCUT2D eigenvalue weighted by atomic mass is 10.0. The van der Waals surface area contributed by atoms with Gasteiger partial charge in [0.15, 0.2) is 0 Å². The highest BCUT2D eigenvalue weighted by atomic mass is 16.2. The number of pyridine rings is 1. The Hall–Kier alpha value is -2.11. The Morgan fingerprint density at radius 2 is 1.96 bits per heavy atom. The summed E-state index contributed by atoms with van der Waals surface area (Å²) in [4.78, 5) is 40.5. The van der Waals surface area contributed by atoms with Gasteiger partial charge in [0.2, 0.25) is 5.91 Å². The predicted octanol–water partition coefficient (Wildman–Crippen LogP) is 1.45. The normalized spacial score (nSPS) is 15.7. The van der Waals surface area contributed by atoms with Crippen molar-refractivity contribution in [1.29, 1.82) is 0 Å². The molecule has 2 N–H and O–H groups in total. The highest BCUT2D eigenvalue weighted by Crippen LogP contribution is 2.14. The Balaban J connectivity index is 1.88. The van der Waals surface area contributed by atoms with E-state index in [9.17, 15) is 14.4 Å². The number of hydrogen-bond acceptors (Lipinski definition) is 3. The summed E-state index contributed by atoms with van der Waals surface area (Å²) in [7, 11) is 0. The van der Waals surface area contributed by atoms with Gasteiger partial charge in [-0.25, -0.2) is 0 Å². The fourth-order valence-electron chi connectivity index (χ4n) is 2.77. The van der Waals surface area contributed by atoms with Crippen LogP contribution in [0.2, 0.25) is 0 Å². The molecule has 6 heteroatoms. The van der Waals surface area contributed by atoms with Crippen LogP contribution in [0.15, 0.2) is 16.9 Å². The average Bonchev–Trinajstić information content (AvgIpc) is 2.47. The molecule has 0 atom stereocenters. The summed E-state index contributed by atoms with van der Waals surface area (Å²) in [5.41, 5.74) is 0.490. The van der Waals surface area contributed by atoms with Crippen LogP contribution < -0.4 is 10.9 Å². The van der Waals surface area contributed by atoms with E-state index in [0.29, 0.717) is 25.4 Å². The molecule has 1 saturated heterocycles. The maximum absolute atomic E-state index is 12.2. The fraction of sp³-hybridized carbons (Fsp3) is 0.588. The van der Waals surface area contributed by atoms with Crippen molar-refractivity contribution < 1.29 is 9.59 Å². The molecule has 0 unspecified atom stereocenters. The van der Waals surface area contributed by atoms with Crippen molar-refractivity contribution in [1.82, 2.24) is 15.2 Å². The van der Waals surface area contributed by atoms with E-state index >= 15 is 0 Å². The van der Waals surface area contributed by atoms with Crippen LogP contribution in [-0.2, 0) is 4.79 Å². The number of amides is 2. The van der Waals surface area contributed by atoms with Crippen molar-refractivity contribution in [3.63, 3.8) is 0 Å². The monoisotopic (exact) mass is 319 g/mol. The molecule has 6 nitrogen and oxygen atoms in total. The van der Waals surface area contributed by atoms with Gasteiger partial charge in [-0.2, -0.15) is 0 Å². The minimum atomic E-state index is -0.368. The van der Waals surface area contributed by atoms with Crippen molar-refractivity contribution in [2.24, 2.45) is 5.92 Å². The van der Waals surface area contributed by atoms with E-state index in [4.69, 9.17) is 0 Å². The molecule has 0 bridgehead atoms. The Labute approximate surface area is 136 Å². The first kappa shape index (κ1) is 17.2. The van der Waals surface area contributed by atoms with Crippen LogP contribution in [0.25, 0.3) is 0 Å². The molecule has 0 aromatic carbocycles. The minimum absolute atomic E-state index is 0.00584. The molecule has 2 heterocycles. The third-order valence-corrected chi connectivity index (χ3v) is 4.07. The number of rotatable bonds is 4. The maximum atomic E-state index is 12.2. The highest BCUT2D eigenvalue weighted by Gasteiger charge is 2.24. The summed E-state index contributed by atoms with van der Waals surface area (Å²) in [5.74, 6) is 0.186. The zero-order valence-corrected chi connectivity index (χ0v) is 14.0. The molecule has 23 heavy (non-hydrogen) atoms. The maximum Gasteiger partial charge on any atom is 0.260 e. The third-order valence-electron chi connectivity index (χ3n) is 4.07. The molecule has 0 aliphatic carbocycles. The predicted molar refractivity (Wildman–Crippen MR) is 88.3 cm³/mol. The van der Waals surface area contributed by atoms with E-state index in [2.05, 4.69) is 10.3 Å². The van der Waals surface area contributed by atoms with Gasteiger partial charge in [0.05, 0.1) is 0 Å². The molecule has 0 spiro atoms. The summed E-state index contributed by atoms with van der Waals surface area (Å²) in [6.45, 7) is 7.14. The standard InChI is InChI=1S/C17H25N3O3/c1-11(2)10-15(21)20-8-6-13(7-9-20)19-17(23)14-5-4-12(3)18-16(14)22/h4-5,11,13H,6-10H2,1-3H3,(H,18,22)(H,19,23). The van der Waals surface area contributed by atoms with Gasteiger partial charge in [-0.15, -0.1) is 0 Å². The molecule has 2 amide bonds. The molecule has 0 saturated carbocycles. The second-order valence-electron chi connectivity index (χ2n) is 6.61. The zero-order valence-electron chi connectivity index (χ0n) is 14.0. The van der Waals surface area contributed by atoms with E-state index in [1.165, 1.54) is 0 Å². The topological polar surface area (TPSA) is 82.3 Å². The van der Waals surface area contributed by atoms with Crippen LogP contribution in [0.5, 0.6) is 0 Å². The van der Waals surface area contributed by atoms with Crippen LogP contribution in [-0.4, -0.2) is 40.8 Å². The molecule has 1 aromatic heterocycles. The first-order valence-corrected chi connectivity index (χ1v) is 8.15. The number of aryl methyl sites for hydroxylation is 1. The van der Waals surface area contributed by atoms with Crippen LogP contribution in [0.4, 0.5) is 0 Å². The van der Waals surface area contributed by atoms with Crippen molar-refractivity contribution in [2.75, 3.05) is 13.1 Å². The van der Waals surface area contributed by atoms with Crippen molar-refractivity contribution in [3.8, 4) is 0 Å². The summed E-state index contributed by atoms with van der Waals surface area (Å²) in [6.07, 6.45) is 2.01. The lowest BCUT2D eigenvalue weighted by Gasteiger charge is -2.32. The molecule has 1 aliphatic rings. The largest absolute Gasteiger partial charge is 0.349 e. The molecule has 1 aliphatic heterocycles. The van der Waals surface area contributed by atoms with Crippen molar-refractivity contribution >= 4 is 11.8 Å². The summed E-state index contributed by atoms with van der Waals surface area (Å²) in [6, 6.07) is 3.26. The summed E-state index contributed by atoms with van der Waals surface area (Å²) in [5, 5.41) is 2.90. The number of aromatic amines is 1. The Bertz CT molecular complexity index is 628. The first-order valence-electron chi connectivity index (χ1n) is 8.15. The number of piperidine rings is 1. The molecular weight excluding hydrogens is 294 g/mol. The molecular formula is C17H25N3O3. The number of H-pyrrole nitrogens is 1. The Morgan fingerprint density at radius 1 is 1.30 bits per heavy atom. The van der Waals surface area contributed by atoms with Gasteiger partial charge in [-0.1, -0.05) is 13.8 Å². The van der Waals surface area contributed by atoms with E-state index in [-0.39, 0.29) is 29.0 Å². The number of hydrogen-bond donors (Lipinski definition) is 2. The van der Waals surface area contributed by atoms with E-state index in [1.807, 2.05) is 18.7 Å². The number of aromatic nitrogens is 1. The SMILES string of the molecule is Cc1ccc(C(=O)NC2CCN(C(=O)CC(C)C)CC2)c(=O)[nH]1. The fourth-order valence-corrected chi connectivity index (χ4v) is 2.77. The van der Waals surface area contributed by atoms with Gasteiger partial charge in [-0.05, 0) is 37.8 Å². The second kappa shape index (κ2) is 7.44. The molecule has 1 fully saturated rings. The molecule has 126 valence electrons. The summed E-state index contributed by atoms with van der Waals surface area (Å²) < 4.78 is 0. The third kappa shape index (κ3) is 4.68. The number of likely N-dealkylation sites (tertiary alicyclic amines) is 1. The summed E-state index contributed by atoms with van der Waals surface area (Å²) >= 11 is 0. The van der Waals surface area contributed by atoms with E-state index in [1.54, 1.807) is 19.1 Å². The number of carbonyl (C=O) groups is 2. The lowest BCUT2D eigenvalue weighted by molar-refractivity contribution is -0.133. The van der Waals surface area contributed by atoms with Crippen molar-refractivity contribution in [2.45, 2.75) is 46.1 Å². The van der Waals surface area contributed by atoms with Crippen LogP contribution >= 0.6 is 0 Å². The first-order chi connectivity index (χ1) is 10.9. The van der Waals surface area contributed by atoms with Gasteiger partial charge >= 0.3 is 0 Å². The van der Waals surface area contributed by atoms with Gasteiger partial charge in [0.1, 0.15) is 5.56 Å². The van der Waals surface area contributed by atoms with Crippen molar-refractivity contribution in [3.05, 3.63) is 33.7 Å². The van der Waals surface area contributed by atoms with Crippen LogP contribution in [0, 0.1) is 12.8 Å². The quantitative estimate of drug-likeness (QED) is 0.881. The van der Waals surface area contributed by atoms with E-state index < -0.39 is 0 Å². The number of nitrogens with zero attached hydrogens (tertiary/aromatic N) is 1. The van der Waals surface area contributed by atoms with Gasteiger partial charge in [-0.3, -0.25) is 14.4 Å². The molecule has 2 rings (SSSR count). The van der Waals surface area contributed by atoms with Gasteiger partial charge in [0.25, 0.3) is 11.5 Å². The van der Waals surface area contributed by atoms with Crippen LogP contribution in [0.1, 0.15) is 49.2 Å². The second-order valence-corrected chi connectivity index (χ2v) is 6.61. The van der Waals surface area contributed by atoms with Gasteiger partial charge in [0, 0.05) is 31.2 Å². The molecule has 0 radical (unpaired) electrons. The minimum Gasteiger partial charge on any atom is -0.349 e.